The fourth-order valence-electron chi connectivity index (χ4n) is 2.31. The summed E-state index contributed by atoms with van der Waals surface area (Å²) in [6.45, 7) is 0. The van der Waals surface area contributed by atoms with Crippen LogP contribution in [0.2, 0.25) is 0 Å². The van der Waals surface area contributed by atoms with Gasteiger partial charge in [-0.25, -0.2) is 0 Å². The number of carbonyl (C=O) groups excluding carboxylic acids is 1. The van der Waals surface area contributed by atoms with Crippen LogP contribution >= 0.6 is 0 Å². The molecule has 0 spiro atoms. The average molecular weight is 210 g/mol. The largest absolute Gasteiger partial charge is 0.353 e. The molecule has 0 unspecified atom stereocenters. The first-order valence-electron chi connectivity index (χ1n) is 6.29. The zero-order valence-corrected chi connectivity index (χ0v) is 9.37. The first kappa shape index (κ1) is 10.9. The Morgan fingerprint density at radius 3 is 2.40 bits per heavy atom. The molecule has 2 saturated carbocycles. The fourth-order valence-corrected chi connectivity index (χ4v) is 2.31. The Balaban J connectivity index is 1.60. The number of hydrogen-bond donors (Lipinski definition) is 2. The third-order valence-corrected chi connectivity index (χ3v) is 3.61. The zero-order chi connectivity index (χ0) is 10.7. The third kappa shape index (κ3) is 3.82. The Labute approximate surface area is 91.8 Å². The number of carbonyl (C=O) groups is 1. The van der Waals surface area contributed by atoms with Gasteiger partial charge in [0.1, 0.15) is 0 Å². The fraction of sp³-hybridized carbons (Fsp3) is 0.917. The molecule has 2 aliphatic rings. The van der Waals surface area contributed by atoms with Crippen molar-refractivity contribution in [2.45, 2.75) is 63.5 Å². The van der Waals surface area contributed by atoms with Crippen LogP contribution in [0.25, 0.3) is 0 Å². The lowest BCUT2D eigenvalue weighted by Gasteiger charge is -2.26. The summed E-state index contributed by atoms with van der Waals surface area (Å²) < 4.78 is 0. The molecule has 2 fully saturated rings. The Bertz CT molecular complexity index is 218. The highest BCUT2D eigenvalue weighted by molar-refractivity contribution is 5.76. The summed E-state index contributed by atoms with van der Waals surface area (Å²) in [6, 6.07) is 0.765. The van der Waals surface area contributed by atoms with E-state index in [1.54, 1.807) is 0 Å². The van der Waals surface area contributed by atoms with Crippen LogP contribution in [0.3, 0.4) is 0 Å². The van der Waals surface area contributed by atoms with Gasteiger partial charge in [0, 0.05) is 18.5 Å². The van der Waals surface area contributed by atoms with Crippen LogP contribution < -0.4 is 11.1 Å². The molecule has 0 aromatic heterocycles. The third-order valence-electron chi connectivity index (χ3n) is 3.61. The van der Waals surface area contributed by atoms with E-state index in [9.17, 15) is 4.79 Å². The molecule has 0 saturated heterocycles. The second-order valence-corrected chi connectivity index (χ2v) is 5.16. The first-order chi connectivity index (χ1) is 7.24. The highest BCUT2D eigenvalue weighted by atomic mass is 16.1. The standard InChI is InChI=1S/C12H22N2O/c13-10-4-6-11(7-5-10)14-12(15)8-3-9-1-2-9/h9-11H,1-8,13H2,(H,14,15). The van der Waals surface area contributed by atoms with Crippen molar-refractivity contribution in [1.29, 1.82) is 0 Å². The van der Waals surface area contributed by atoms with Gasteiger partial charge in [0.15, 0.2) is 0 Å². The molecule has 0 heterocycles. The summed E-state index contributed by atoms with van der Waals surface area (Å²) in [7, 11) is 0. The van der Waals surface area contributed by atoms with Crippen LogP contribution in [0.1, 0.15) is 51.4 Å². The van der Waals surface area contributed by atoms with Crippen molar-refractivity contribution in [1.82, 2.24) is 5.32 Å². The number of nitrogens with one attached hydrogen (secondary N) is 1. The Hall–Kier alpha value is -0.570. The van der Waals surface area contributed by atoms with Gasteiger partial charge in [-0.3, -0.25) is 4.79 Å². The molecule has 0 aliphatic heterocycles. The Morgan fingerprint density at radius 1 is 1.13 bits per heavy atom. The highest BCUT2D eigenvalue weighted by Gasteiger charge is 2.23. The van der Waals surface area contributed by atoms with E-state index in [4.69, 9.17) is 5.73 Å². The van der Waals surface area contributed by atoms with Crippen molar-refractivity contribution in [3.63, 3.8) is 0 Å². The minimum absolute atomic E-state index is 0.252. The summed E-state index contributed by atoms with van der Waals surface area (Å²) in [5.41, 5.74) is 5.82. The smallest absolute Gasteiger partial charge is 0.220 e. The van der Waals surface area contributed by atoms with Gasteiger partial charge in [0.05, 0.1) is 0 Å². The van der Waals surface area contributed by atoms with Gasteiger partial charge in [-0.05, 0) is 38.0 Å². The van der Waals surface area contributed by atoms with Gasteiger partial charge in [-0.15, -0.1) is 0 Å². The van der Waals surface area contributed by atoms with Gasteiger partial charge in [0.25, 0.3) is 0 Å². The lowest BCUT2D eigenvalue weighted by atomic mass is 9.92. The lowest BCUT2D eigenvalue weighted by Crippen LogP contribution is -2.40. The van der Waals surface area contributed by atoms with Crippen LogP contribution in [0.5, 0.6) is 0 Å². The maximum atomic E-state index is 11.6. The van der Waals surface area contributed by atoms with Gasteiger partial charge < -0.3 is 11.1 Å². The molecule has 86 valence electrons. The van der Waals surface area contributed by atoms with Crippen molar-refractivity contribution < 1.29 is 4.79 Å². The topological polar surface area (TPSA) is 55.1 Å². The summed E-state index contributed by atoms with van der Waals surface area (Å²) in [5.74, 6) is 1.11. The van der Waals surface area contributed by atoms with E-state index >= 15 is 0 Å². The summed E-state index contributed by atoms with van der Waals surface area (Å²) in [4.78, 5) is 11.6. The van der Waals surface area contributed by atoms with E-state index in [0.29, 0.717) is 12.1 Å². The van der Waals surface area contributed by atoms with Crippen molar-refractivity contribution in [2.75, 3.05) is 0 Å². The molecule has 0 bridgehead atoms. The van der Waals surface area contributed by atoms with E-state index in [1.165, 1.54) is 12.8 Å². The van der Waals surface area contributed by atoms with E-state index in [-0.39, 0.29) is 5.91 Å². The minimum atomic E-state index is 0.252. The molecule has 3 heteroatoms. The number of rotatable bonds is 4. The van der Waals surface area contributed by atoms with Gasteiger partial charge in [-0.2, -0.15) is 0 Å². The summed E-state index contributed by atoms with van der Waals surface area (Å²) in [6.07, 6.45) is 8.76. The normalized spacial score (nSPS) is 31.3. The van der Waals surface area contributed by atoms with Crippen molar-refractivity contribution in [2.24, 2.45) is 11.7 Å². The maximum absolute atomic E-state index is 11.6. The maximum Gasteiger partial charge on any atom is 0.220 e. The Morgan fingerprint density at radius 2 is 1.80 bits per heavy atom. The summed E-state index contributed by atoms with van der Waals surface area (Å²) >= 11 is 0. The van der Waals surface area contributed by atoms with Gasteiger partial charge >= 0.3 is 0 Å². The SMILES string of the molecule is NC1CCC(NC(=O)CCC2CC2)CC1. The van der Waals surface area contributed by atoms with E-state index in [2.05, 4.69) is 5.32 Å². The Kier molecular flexibility index (Phi) is 3.62. The average Bonchev–Trinajstić information content (AvgIpc) is 3.02. The molecule has 2 aliphatic carbocycles. The van der Waals surface area contributed by atoms with Gasteiger partial charge in [-0.1, -0.05) is 12.8 Å². The van der Waals surface area contributed by atoms with Crippen molar-refractivity contribution in [3.8, 4) is 0 Å². The molecular weight excluding hydrogens is 188 g/mol. The molecule has 3 N–H and O–H groups in total. The van der Waals surface area contributed by atoms with Crippen molar-refractivity contribution >= 4 is 5.91 Å². The first-order valence-corrected chi connectivity index (χ1v) is 6.29. The van der Waals surface area contributed by atoms with E-state index in [0.717, 1.165) is 44.4 Å². The lowest BCUT2D eigenvalue weighted by molar-refractivity contribution is -0.122. The van der Waals surface area contributed by atoms with E-state index in [1.807, 2.05) is 0 Å². The molecule has 0 aromatic rings. The van der Waals surface area contributed by atoms with E-state index < -0.39 is 0 Å². The molecule has 0 atom stereocenters. The predicted molar refractivity (Wildman–Crippen MR) is 60.3 cm³/mol. The quantitative estimate of drug-likeness (QED) is 0.740. The van der Waals surface area contributed by atoms with Crippen LogP contribution in [0.4, 0.5) is 0 Å². The van der Waals surface area contributed by atoms with Crippen LogP contribution in [0.15, 0.2) is 0 Å². The van der Waals surface area contributed by atoms with Crippen molar-refractivity contribution in [3.05, 3.63) is 0 Å². The number of nitrogens with two attached hydrogens (primary N) is 1. The highest BCUT2D eigenvalue weighted by Crippen LogP contribution is 2.33. The zero-order valence-electron chi connectivity index (χ0n) is 9.37. The number of amides is 1. The minimum Gasteiger partial charge on any atom is -0.353 e. The molecule has 15 heavy (non-hydrogen) atoms. The second kappa shape index (κ2) is 4.97. The van der Waals surface area contributed by atoms with Gasteiger partial charge in [0.2, 0.25) is 5.91 Å². The number of hydrogen-bond acceptors (Lipinski definition) is 2. The second-order valence-electron chi connectivity index (χ2n) is 5.16. The molecular formula is C12H22N2O. The monoisotopic (exact) mass is 210 g/mol. The van der Waals surface area contributed by atoms with Crippen LogP contribution in [0, 0.1) is 5.92 Å². The van der Waals surface area contributed by atoms with Crippen LogP contribution in [-0.2, 0) is 4.79 Å². The molecule has 2 rings (SSSR count). The molecule has 0 radical (unpaired) electrons. The van der Waals surface area contributed by atoms with Crippen LogP contribution in [-0.4, -0.2) is 18.0 Å². The molecule has 3 nitrogen and oxygen atoms in total. The summed E-state index contributed by atoms with van der Waals surface area (Å²) in [5, 5.41) is 3.13. The molecule has 0 aromatic carbocycles. The predicted octanol–water partition coefficient (Wildman–Crippen LogP) is 1.56. The molecule has 1 amide bonds.